The maximum atomic E-state index is 10.3. The Morgan fingerprint density at radius 1 is 1.10 bits per heavy atom. The zero-order valence-corrected chi connectivity index (χ0v) is 12.2. The Labute approximate surface area is 125 Å². The lowest BCUT2D eigenvalue weighted by Gasteiger charge is -2.15. The zero-order chi connectivity index (χ0) is 14.7. The Kier molecular flexibility index (Phi) is 4.54. The molecule has 0 amide bonds. The van der Waals surface area contributed by atoms with E-state index >= 15 is 0 Å². The van der Waals surface area contributed by atoms with Gasteiger partial charge >= 0.3 is 0 Å². The third-order valence-electron chi connectivity index (χ3n) is 4.44. The summed E-state index contributed by atoms with van der Waals surface area (Å²) in [4.78, 5) is 0. The van der Waals surface area contributed by atoms with Crippen LogP contribution in [0.2, 0.25) is 0 Å². The van der Waals surface area contributed by atoms with Crippen molar-refractivity contribution in [3.63, 3.8) is 0 Å². The zero-order valence-electron chi connectivity index (χ0n) is 12.2. The highest BCUT2D eigenvalue weighted by atomic mass is 16.3. The molecule has 0 aromatic heterocycles. The van der Waals surface area contributed by atoms with Gasteiger partial charge in [0.2, 0.25) is 0 Å². The molecule has 0 spiro atoms. The summed E-state index contributed by atoms with van der Waals surface area (Å²) >= 11 is 0. The molecule has 3 atom stereocenters. The number of nitrogens with one attached hydrogen (secondary N) is 1. The van der Waals surface area contributed by atoms with Gasteiger partial charge in [0, 0.05) is 6.54 Å². The maximum absolute atomic E-state index is 10.3. The third kappa shape index (κ3) is 3.62. The molecule has 1 aliphatic carbocycles. The maximum Gasteiger partial charge on any atom is 0.0914 e. The number of hydrogen-bond donors (Lipinski definition) is 3. The van der Waals surface area contributed by atoms with Gasteiger partial charge in [-0.25, -0.2) is 0 Å². The number of aliphatic hydroxyl groups excluding tert-OH is 2. The number of fused-ring (bicyclic) bond motifs is 1. The van der Waals surface area contributed by atoms with Crippen LogP contribution in [-0.2, 0) is 0 Å². The monoisotopic (exact) mass is 285 g/mol. The van der Waals surface area contributed by atoms with Crippen molar-refractivity contribution in [2.45, 2.75) is 31.5 Å². The van der Waals surface area contributed by atoms with Crippen LogP contribution in [0, 0.1) is 5.92 Å². The molecule has 3 rings (SSSR count). The van der Waals surface area contributed by atoms with Crippen LogP contribution in [0.3, 0.4) is 0 Å². The van der Waals surface area contributed by atoms with Crippen molar-refractivity contribution in [3.05, 3.63) is 48.0 Å². The topological polar surface area (TPSA) is 52.5 Å². The molecule has 1 saturated carbocycles. The molecule has 1 fully saturated rings. The largest absolute Gasteiger partial charge is 0.393 e. The molecule has 21 heavy (non-hydrogen) atoms. The fraction of sp³-hybridized carbons (Fsp3) is 0.444. The van der Waals surface area contributed by atoms with E-state index in [1.54, 1.807) is 0 Å². The molecule has 1 aliphatic rings. The minimum absolute atomic E-state index is 0.123. The number of rotatable bonds is 5. The number of benzene rings is 2. The standard InChI is InChI=1S/C18H23NO2/c20-17-8-5-13(9-17)11-19-12-18(21)16-7-6-14-3-1-2-4-15(14)10-16/h1-4,6-7,10,13,17-21H,5,8-9,11-12H2. The van der Waals surface area contributed by atoms with Gasteiger partial charge in [0.05, 0.1) is 12.2 Å². The number of hydrogen-bond acceptors (Lipinski definition) is 3. The highest BCUT2D eigenvalue weighted by Gasteiger charge is 2.22. The van der Waals surface area contributed by atoms with Gasteiger partial charge < -0.3 is 15.5 Å². The molecule has 0 aliphatic heterocycles. The summed E-state index contributed by atoms with van der Waals surface area (Å²) in [5.74, 6) is 0.545. The van der Waals surface area contributed by atoms with Crippen LogP contribution < -0.4 is 5.32 Å². The molecule has 3 N–H and O–H groups in total. The molecular formula is C18H23NO2. The van der Waals surface area contributed by atoms with Gasteiger partial charge in [0.1, 0.15) is 0 Å². The van der Waals surface area contributed by atoms with Crippen molar-refractivity contribution in [3.8, 4) is 0 Å². The third-order valence-corrected chi connectivity index (χ3v) is 4.44. The van der Waals surface area contributed by atoms with Crippen LogP contribution in [0.4, 0.5) is 0 Å². The van der Waals surface area contributed by atoms with Crippen molar-refractivity contribution in [1.29, 1.82) is 0 Å². The molecule has 0 radical (unpaired) electrons. The van der Waals surface area contributed by atoms with Crippen molar-refractivity contribution < 1.29 is 10.2 Å². The molecule has 112 valence electrons. The Hall–Kier alpha value is -1.42. The SMILES string of the molecule is OC1CCC(CNCC(O)c2ccc3ccccc3c2)C1. The fourth-order valence-corrected chi connectivity index (χ4v) is 3.19. The second kappa shape index (κ2) is 6.56. The minimum Gasteiger partial charge on any atom is -0.393 e. The molecule has 3 unspecified atom stereocenters. The van der Waals surface area contributed by atoms with Crippen LogP contribution in [-0.4, -0.2) is 29.4 Å². The van der Waals surface area contributed by atoms with Gasteiger partial charge in [-0.3, -0.25) is 0 Å². The molecule has 0 heterocycles. The van der Waals surface area contributed by atoms with E-state index in [0.29, 0.717) is 12.5 Å². The summed E-state index contributed by atoms with van der Waals surface area (Å²) in [5, 5.41) is 25.5. The fourth-order valence-electron chi connectivity index (χ4n) is 3.19. The predicted molar refractivity (Wildman–Crippen MR) is 85.1 cm³/mol. The lowest BCUT2D eigenvalue weighted by Crippen LogP contribution is -2.26. The van der Waals surface area contributed by atoms with Crippen molar-refractivity contribution in [2.24, 2.45) is 5.92 Å². The quantitative estimate of drug-likeness (QED) is 0.791. The summed E-state index contributed by atoms with van der Waals surface area (Å²) in [5.41, 5.74) is 0.952. The van der Waals surface area contributed by atoms with Gasteiger partial charge in [-0.05, 0) is 54.1 Å². The second-order valence-electron chi connectivity index (χ2n) is 6.11. The van der Waals surface area contributed by atoms with Crippen LogP contribution in [0.5, 0.6) is 0 Å². The minimum atomic E-state index is -0.485. The van der Waals surface area contributed by atoms with E-state index in [1.165, 1.54) is 5.39 Å². The lowest BCUT2D eigenvalue weighted by atomic mass is 10.0. The molecule has 2 aromatic rings. The van der Waals surface area contributed by atoms with E-state index in [2.05, 4.69) is 29.6 Å². The molecule has 3 heteroatoms. The highest BCUT2D eigenvalue weighted by molar-refractivity contribution is 5.83. The van der Waals surface area contributed by atoms with Gasteiger partial charge in [-0.15, -0.1) is 0 Å². The van der Waals surface area contributed by atoms with Crippen LogP contribution >= 0.6 is 0 Å². The van der Waals surface area contributed by atoms with E-state index in [9.17, 15) is 10.2 Å². The Morgan fingerprint density at radius 2 is 1.90 bits per heavy atom. The van der Waals surface area contributed by atoms with E-state index in [4.69, 9.17) is 0 Å². The van der Waals surface area contributed by atoms with E-state index in [1.807, 2.05) is 18.2 Å². The first-order chi connectivity index (χ1) is 10.2. The molecular weight excluding hydrogens is 262 g/mol. The molecule has 3 nitrogen and oxygen atoms in total. The van der Waals surface area contributed by atoms with Gasteiger partial charge in [-0.1, -0.05) is 36.4 Å². The van der Waals surface area contributed by atoms with E-state index in [0.717, 1.165) is 36.8 Å². The first kappa shape index (κ1) is 14.5. The highest BCUT2D eigenvalue weighted by Crippen LogP contribution is 2.25. The van der Waals surface area contributed by atoms with Crippen LogP contribution in [0.25, 0.3) is 10.8 Å². The van der Waals surface area contributed by atoms with E-state index < -0.39 is 6.10 Å². The molecule has 0 bridgehead atoms. The summed E-state index contributed by atoms with van der Waals surface area (Å²) < 4.78 is 0. The Morgan fingerprint density at radius 3 is 2.67 bits per heavy atom. The van der Waals surface area contributed by atoms with Crippen molar-refractivity contribution in [2.75, 3.05) is 13.1 Å². The average Bonchev–Trinajstić information content (AvgIpc) is 2.92. The molecule has 2 aromatic carbocycles. The predicted octanol–water partition coefficient (Wildman–Crippen LogP) is 2.62. The van der Waals surface area contributed by atoms with Gasteiger partial charge in [-0.2, -0.15) is 0 Å². The van der Waals surface area contributed by atoms with Gasteiger partial charge in [0.25, 0.3) is 0 Å². The van der Waals surface area contributed by atoms with Crippen LogP contribution in [0.15, 0.2) is 42.5 Å². The number of aliphatic hydroxyl groups is 2. The Balaban J connectivity index is 1.55. The average molecular weight is 285 g/mol. The normalized spacial score (nSPS) is 23.5. The van der Waals surface area contributed by atoms with Gasteiger partial charge in [0.15, 0.2) is 0 Å². The van der Waals surface area contributed by atoms with E-state index in [-0.39, 0.29) is 6.10 Å². The first-order valence-electron chi connectivity index (χ1n) is 7.78. The van der Waals surface area contributed by atoms with Crippen molar-refractivity contribution >= 4 is 10.8 Å². The molecule has 0 saturated heterocycles. The summed E-state index contributed by atoms with van der Waals surface area (Å²) in [7, 11) is 0. The summed E-state index contributed by atoms with van der Waals surface area (Å²) in [6.07, 6.45) is 2.28. The second-order valence-corrected chi connectivity index (χ2v) is 6.11. The smallest absolute Gasteiger partial charge is 0.0914 e. The summed E-state index contributed by atoms with van der Waals surface area (Å²) in [6.45, 7) is 1.44. The first-order valence-corrected chi connectivity index (χ1v) is 7.78. The van der Waals surface area contributed by atoms with Crippen LogP contribution in [0.1, 0.15) is 30.9 Å². The lowest BCUT2D eigenvalue weighted by molar-refractivity contribution is 0.167. The summed E-state index contributed by atoms with van der Waals surface area (Å²) in [6, 6.07) is 14.3. The van der Waals surface area contributed by atoms with Crippen molar-refractivity contribution in [1.82, 2.24) is 5.32 Å². The Bertz CT molecular complexity index is 599.